The van der Waals surface area contributed by atoms with E-state index in [-0.39, 0.29) is 11.8 Å². The molecule has 0 unspecified atom stereocenters. The minimum atomic E-state index is 0.0547. The topological polar surface area (TPSA) is 46.9 Å². The summed E-state index contributed by atoms with van der Waals surface area (Å²) in [6.07, 6.45) is 2.34. The molecule has 1 aromatic heterocycles. The average molecular weight is 269 g/mol. The fourth-order valence-corrected chi connectivity index (χ4v) is 2.75. The first kappa shape index (κ1) is 12.9. The maximum atomic E-state index is 11.9. The molecule has 104 valence electrons. The number of amides is 1. The maximum Gasteiger partial charge on any atom is 0.226 e. The molecule has 4 heteroatoms. The van der Waals surface area contributed by atoms with Gasteiger partial charge in [0.2, 0.25) is 5.91 Å². The molecule has 0 bridgehead atoms. The fraction of sp³-hybridized carbons (Fsp3) is 0.375. The lowest BCUT2D eigenvalue weighted by Crippen LogP contribution is -2.24. The number of aromatic nitrogens is 2. The summed E-state index contributed by atoms with van der Waals surface area (Å²) in [5.74, 6) is 1.50. The zero-order valence-corrected chi connectivity index (χ0v) is 12.1. The summed E-state index contributed by atoms with van der Waals surface area (Å²) >= 11 is 0. The fourth-order valence-electron chi connectivity index (χ4n) is 2.75. The van der Waals surface area contributed by atoms with Crippen molar-refractivity contribution in [2.75, 3.05) is 5.32 Å². The number of nitrogens with one attached hydrogen (secondary N) is 1. The van der Waals surface area contributed by atoms with Crippen LogP contribution in [0.15, 0.2) is 30.5 Å². The summed E-state index contributed by atoms with van der Waals surface area (Å²) < 4.78 is 1.72. The Hall–Kier alpha value is -2.10. The Morgan fingerprint density at radius 2 is 2.00 bits per heavy atom. The van der Waals surface area contributed by atoms with Gasteiger partial charge in [-0.25, -0.2) is 0 Å². The highest BCUT2D eigenvalue weighted by Crippen LogP contribution is 2.36. The molecule has 0 fully saturated rings. The Bertz CT molecular complexity index is 640. The average Bonchev–Trinajstić information content (AvgIpc) is 2.80. The van der Waals surface area contributed by atoms with Crippen LogP contribution in [0.4, 0.5) is 5.82 Å². The van der Waals surface area contributed by atoms with E-state index in [1.54, 1.807) is 4.68 Å². The summed E-state index contributed by atoms with van der Waals surface area (Å²) in [5, 5.41) is 7.16. The third-order valence-electron chi connectivity index (χ3n) is 4.00. The van der Waals surface area contributed by atoms with Crippen molar-refractivity contribution in [1.82, 2.24) is 9.78 Å². The highest BCUT2D eigenvalue weighted by Gasteiger charge is 2.29. The number of aryl methyl sites for hydroxylation is 1. The summed E-state index contributed by atoms with van der Waals surface area (Å²) in [5.41, 5.74) is 3.60. The Labute approximate surface area is 118 Å². The van der Waals surface area contributed by atoms with E-state index in [0.717, 1.165) is 11.4 Å². The van der Waals surface area contributed by atoms with Crippen molar-refractivity contribution in [2.45, 2.75) is 32.1 Å². The molecular weight excluding hydrogens is 250 g/mol. The van der Waals surface area contributed by atoms with Crippen molar-refractivity contribution < 1.29 is 4.79 Å². The first-order chi connectivity index (χ1) is 9.56. The van der Waals surface area contributed by atoms with E-state index in [4.69, 9.17) is 0 Å². The van der Waals surface area contributed by atoms with Gasteiger partial charge in [-0.3, -0.25) is 9.48 Å². The quantitative estimate of drug-likeness (QED) is 0.911. The second-order valence-electron chi connectivity index (χ2n) is 5.70. The Kier molecular flexibility index (Phi) is 3.08. The predicted octanol–water partition coefficient (Wildman–Crippen LogP) is 3.02. The molecule has 20 heavy (non-hydrogen) atoms. The van der Waals surface area contributed by atoms with Crippen molar-refractivity contribution in [3.63, 3.8) is 0 Å². The highest BCUT2D eigenvalue weighted by molar-refractivity contribution is 5.94. The summed E-state index contributed by atoms with van der Waals surface area (Å²) in [6, 6.07) is 8.58. The summed E-state index contributed by atoms with van der Waals surface area (Å²) in [6.45, 7) is 4.37. The number of hydrogen-bond donors (Lipinski definition) is 1. The molecule has 1 atom stereocenters. The third-order valence-corrected chi connectivity index (χ3v) is 4.00. The second-order valence-corrected chi connectivity index (χ2v) is 5.70. The molecule has 1 aliphatic heterocycles. The number of nitrogens with zero attached hydrogens (tertiary/aromatic N) is 2. The van der Waals surface area contributed by atoms with E-state index in [1.165, 1.54) is 11.1 Å². The summed E-state index contributed by atoms with van der Waals surface area (Å²) in [4.78, 5) is 11.9. The van der Waals surface area contributed by atoms with E-state index in [0.29, 0.717) is 12.3 Å². The van der Waals surface area contributed by atoms with Gasteiger partial charge in [-0.15, -0.1) is 0 Å². The number of benzene rings is 1. The Balaban J connectivity index is 1.99. The number of carbonyl (C=O) groups excluding carboxylic acids is 1. The van der Waals surface area contributed by atoms with E-state index in [1.807, 2.05) is 13.2 Å². The van der Waals surface area contributed by atoms with Gasteiger partial charge in [0.05, 0.1) is 6.20 Å². The molecule has 3 rings (SSSR count). The van der Waals surface area contributed by atoms with Crippen LogP contribution in [0.1, 0.15) is 48.8 Å². The van der Waals surface area contributed by atoms with Crippen LogP contribution in [0.5, 0.6) is 0 Å². The van der Waals surface area contributed by atoms with Crippen molar-refractivity contribution in [2.24, 2.45) is 7.05 Å². The number of anilines is 1. The molecule has 0 aliphatic carbocycles. The molecule has 1 aliphatic rings. The first-order valence-corrected chi connectivity index (χ1v) is 6.98. The molecular formula is C16H19N3O. The van der Waals surface area contributed by atoms with Crippen LogP contribution in [0, 0.1) is 0 Å². The van der Waals surface area contributed by atoms with Gasteiger partial charge in [0, 0.05) is 24.9 Å². The smallest absolute Gasteiger partial charge is 0.226 e. The number of fused-ring (bicyclic) bond motifs is 1. The maximum absolute atomic E-state index is 11.9. The van der Waals surface area contributed by atoms with Crippen LogP contribution in [0.2, 0.25) is 0 Å². The molecule has 0 saturated carbocycles. The van der Waals surface area contributed by atoms with Gasteiger partial charge in [0.1, 0.15) is 5.82 Å². The number of hydrogen-bond acceptors (Lipinski definition) is 2. The van der Waals surface area contributed by atoms with E-state index < -0.39 is 0 Å². The molecule has 4 nitrogen and oxygen atoms in total. The first-order valence-electron chi connectivity index (χ1n) is 6.98. The molecule has 1 aromatic carbocycles. The van der Waals surface area contributed by atoms with Crippen LogP contribution < -0.4 is 5.32 Å². The van der Waals surface area contributed by atoms with Crippen LogP contribution >= 0.6 is 0 Å². The van der Waals surface area contributed by atoms with Crippen molar-refractivity contribution >= 4 is 11.7 Å². The normalized spacial score (nSPS) is 18.0. The molecule has 2 aromatic rings. The largest absolute Gasteiger partial charge is 0.311 e. The lowest BCUT2D eigenvalue weighted by Gasteiger charge is -2.23. The van der Waals surface area contributed by atoms with E-state index in [9.17, 15) is 4.79 Å². The van der Waals surface area contributed by atoms with Gasteiger partial charge in [-0.05, 0) is 17.0 Å². The van der Waals surface area contributed by atoms with Gasteiger partial charge in [-0.2, -0.15) is 5.10 Å². The Morgan fingerprint density at radius 3 is 2.65 bits per heavy atom. The SMILES string of the molecule is CC(C)c1ccc([C@H]2CC(=O)Nc3c2cnn3C)cc1. The van der Waals surface area contributed by atoms with E-state index in [2.05, 4.69) is 48.5 Å². The highest BCUT2D eigenvalue weighted by atomic mass is 16.1. The van der Waals surface area contributed by atoms with Gasteiger partial charge in [0.25, 0.3) is 0 Å². The molecule has 0 radical (unpaired) electrons. The van der Waals surface area contributed by atoms with Crippen molar-refractivity contribution in [3.8, 4) is 0 Å². The molecule has 1 amide bonds. The molecule has 0 saturated heterocycles. The van der Waals surface area contributed by atoms with Crippen molar-refractivity contribution in [1.29, 1.82) is 0 Å². The molecule has 0 spiro atoms. The minimum Gasteiger partial charge on any atom is -0.311 e. The zero-order chi connectivity index (χ0) is 14.3. The standard InChI is InChI=1S/C16H19N3O/c1-10(2)11-4-6-12(7-5-11)13-8-15(20)18-16-14(13)9-17-19(16)3/h4-7,9-10,13H,8H2,1-3H3,(H,18,20)/t13-/m1/s1. The van der Waals surface area contributed by atoms with E-state index >= 15 is 0 Å². The predicted molar refractivity (Wildman–Crippen MR) is 78.8 cm³/mol. The third kappa shape index (κ3) is 2.11. The molecule has 2 heterocycles. The lowest BCUT2D eigenvalue weighted by molar-refractivity contribution is -0.116. The Morgan fingerprint density at radius 1 is 1.30 bits per heavy atom. The van der Waals surface area contributed by atoms with Gasteiger partial charge in [0.15, 0.2) is 0 Å². The number of carbonyl (C=O) groups is 1. The lowest BCUT2D eigenvalue weighted by atomic mass is 9.86. The van der Waals surface area contributed by atoms with Gasteiger partial charge >= 0.3 is 0 Å². The van der Waals surface area contributed by atoms with Gasteiger partial charge < -0.3 is 5.32 Å². The van der Waals surface area contributed by atoms with Gasteiger partial charge in [-0.1, -0.05) is 38.1 Å². The molecule has 1 N–H and O–H groups in total. The number of rotatable bonds is 2. The van der Waals surface area contributed by atoms with Crippen LogP contribution in [0.25, 0.3) is 0 Å². The second kappa shape index (κ2) is 4.78. The van der Waals surface area contributed by atoms with Crippen LogP contribution in [0.3, 0.4) is 0 Å². The minimum absolute atomic E-state index is 0.0547. The van der Waals surface area contributed by atoms with Crippen LogP contribution in [-0.4, -0.2) is 15.7 Å². The monoisotopic (exact) mass is 269 g/mol. The zero-order valence-electron chi connectivity index (χ0n) is 12.1. The van der Waals surface area contributed by atoms with Crippen molar-refractivity contribution in [3.05, 3.63) is 47.2 Å². The van der Waals surface area contributed by atoms with Crippen LogP contribution in [-0.2, 0) is 11.8 Å². The summed E-state index contributed by atoms with van der Waals surface area (Å²) in [7, 11) is 1.85.